The molecule has 0 aliphatic rings. The number of pyridine rings is 1. The van der Waals surface area contributed by atoms with Crippen molar-refractivity contribution in [1.82, 2.24) is 15.4 Å². The molecular formula is C17H20Cl2N6O5S. The van der Waals surface area contributed by atoms with Crippen molar-refractivity contribution < 1.29 is 18.0 Å². The van der Waals surface area contributed by atoms with Gasteiger partial charge in [0.25, 0.3) is 15.6 Å². The molecular weight excluding hydrogens is 471 g/mol. The summed E-state index contributed by atoms with van der Waals surface area (Å²) in [6.07, 6.45) is 0. The topological polar surface area (TPSA) is 168 Å². The number of guanidine groups is 1. The monoisotopic (exact) mass is 490 g/mol. The zero-order chi connectivity index (χ0) is 23.2. The summed E-state index contributed by atoms with van der Waals surface area (Å²) in [6.45, 7) is 1.38. The van der Waals surface area contributed by atoms with Crippen LogP contribution in [0, 0.1) is 12.3 Å². The van der Waals surface area contributed by atoms with Gasteiger partial charge in [-0.15, -0.1) is 0 Å². The number of amides is 1. The van der Waals surface area contributed by atoms with Crippen molar-refractivity contribution in [2.24, 2.45) is 5.73 Å². The third kappa shape index (κ3) is 6.85. The molecule has 0 spiro atoms. The van der Waals surface area contributed by atoms with Gasteiger partial charge in [-0.3, -0.25) is 24.6 Å². The van der Waals surface area contributed by atoms with Crippen LogP contribution in [0.15, 0.2) is 40.0 Å². The average Bonchev–Trinajstić information content (AvgIpc) is 2.66. The molecule has 31 heavy (non-hydrogen) atoms. The number of hydrogen-bond acceptors (Lipinski definition) is 6. The number of halogens is 2. The van der Waals surface area contributed by atoms with E-state index in [1.165, 1.54) is 30.3 Å². The highest BCUT2D eigenvalue weighted by Gasteiger charge is 2.21. The summed E-state index contributed by atoms with van der Waals surface area (Å²) in [5.74, 6) is -0.884. The Kier molecular flexibility index (Phi) is 8.28. The highest BCUT2D eigenvalue weighted by molar-refractivity contribution is 7.92. The van der Waals surface area contributed by atoms with Crippen LogP contribution in [0.2, 0.25) is 10.0 Å². The van der Waals surface area contributed by atoms with Gasteiger partial charge in [0.05, 0.1) is 11.6 Å². The number of nitrogens with zero attached hydrogens (tertiary/aromatic N) is 1. The van der Waals surface area contributed by atoms with Gasteiger partial charge in [0.1, 0.15) is 17.1 Å². The number of carbonyl (C=O) groups is 1. The van der Waals surface area contributed by atoms with E-state index in [1.807, 2.05) is 0 Å². The molecule has 2 rings (SSSR count). The fraction of sp³-hybridized carbons (Fsp3) is 0.235. The number of benzene rings is 1. The molecule has 0 aliphatic heterocycles. The maximum Gasteiger partial charge on any atom is 0.275 e. The van der Waals surface area contributed by atoms with Crippen LogP contribution in [0.4, 0.5) is 5.69 Å². The van der Waals surface area contributed by atoms with Crippen LogP contribution in [0.3, 0.4) is 0 Å². The van der Waals surface area contributed by atoms with Crippen molar-refractivity contribution in [1.29, 1.82) is 5.41 Å². The van der Waals surface area contributed by atoms with Gasteiger partial charge in [-0.1, -0.05) is 23.2 Å². The number of nitrogens with two attached hydrogens (primary N) is 1. The van der Waals surface area contributed by atoms with E-state index in [-0.39, 0.29) is 46.3 Å². The molecule has 0 saturated carbocycles. The third-order valence-corrected chi connectivity index (χ3v) is 5.91. The number of carbonyl (C=O) groups excluding carboxylic acids is 1. The Labute approximate surface area is 188 Å². The number of anilines is 1. The van der Waals surface area contributed by atoms with Gasteiger partial charge in [0.2, 0.25) is 11.9 Å². The lowest BCUT2D eigenvalue weighted by atomic mass is 10.3. The van der Waals surface area contributed by atoms with Crippen LogP contribution in [0.1, 0.15) is 5.69 Å². The average molecular weight is 491 g/mol. The Morgan fingerprint density at radius 1 is 1.26 bits per heavy atom. The minimum atomic E-state index is -4.17. The van der Waals surface area contributed by atoms with Crippen LogP contribution in [-0.2, 0) is 26.2 Å². The second-order valence-electron chi connectivity index (χ2n) is 6.17. The van der Waals surface area contributed by atoms with Crippen molar-refractivity contribution in [2.75, 3.05) is 17.9 Å². The molecule has 1 aromatic carbocycles. The first-order chi connectivity index (χ1) is 14.5. The molecule has 0 radical (unpaired) electrons. The molecule has 0 saturated heterocycles. The summed E-state index contributed by atoms with van der Waals surface area (Å²) in [5, 5.41) is 9.60. The molecule has 1 amide bonds. The maximum atomic E-state index is 12.8. The fourth-order valence-corrected chi connectivity index (χ4v) is 4.24. The number of aromatic nitrogens is 1. The summed E-state index contributed by atoms with van der Waals surface area (Å²) in [5.41, 5.74) is 6.63. The number of nitrogens with one attached hydrogen (secondary N) is 4. The molecule has 0 fully saturated rings. The summed E-state index contributed by atoms with van der Waals surface area (Å²) < 4.78 is 28.6. The molecule has 0 unspecified atom stereocenters. The maximum absolute atomic E-state index is 12.8. The predicted octanol–water partition coefficient (Wildman–Crippen LogP) is 0.795. The molecule has 168 valence electrons. The SMILES string of the molecule is Cc1ccc(NS(=O)(=O)c2ccc(Cl)cc2Cl)c(=O)n1CC(=O)NCCONC(=N)N. The van der Waals surface area contributed by atoms with E-state index in [4.69, 9.17) is 39.2 Å². The minimum absolute atomic E-state index is 0.0287. The van der Waals surface area contributed by atoms with E-state index >= 15 is 0 Å². The molecule has 1 heterocycles. The molecule has 14 heteroatoms. The minimum Gasteiger partial charge on any atom is -0.368 e. The Bertz CT molecular complexity index is 1150. The van der Waals surface area contributed by atoms with Crippen LogP contribution in [0.25, 0.3) is 0 Å². The number of sulfonamides is 1. The third-order valence-electron chi connectivity index (χ3n) is 3.83. The van der Waals surface area contributed by atoms with Crippen molar-refractivity contribution in [3.63, 3.8) is 0 Å². The van der Waals surface area contributed by atoms with Gasteiger partial charge in [-0.2, -0.15) is 0 Å². The van der Waals surface area contributed by atoms with Gasteiger partial charge in [-0.25, -0.2) is 13.9 Å². The fourth-order valence-electron chi connectivity index (χ4n) is 2.41. The van der Waals surface area contributed by atoms with E-state index in [0.29, 0.717) is 5.69 Å². The molecule has 0 atom stereocenters. The van der Waals surface area contributed by atoms with Crippen molar-refractivity contribution in [3.8, 4) is 0 Å². The van der Waals surface area contributed by atoms with E-state index in [0.717, 1.165) is 4.57 Å². The van der Waals surface area contributed by atoms with Gasteiger partial charge in [-0.05, 0) is 37.3 Å². The Hall–Kier alpha value is -2.80. The first-order valence-corrected chi connectivity index (χ1v) is 10.9. The molecule has 0 bridgehead atoms. The van der Waals surface area contributed by atoms with E-state index in [1.54, 1.807) is 6.92 Å². The van der Waals surface area contributed by atoms with E-state index in [9.17, 15) is 18.0 Å². The number of rotatable bonds is 9. The Morgan fingerprint density at radius 2 is 1.97 bits per heavy atom. The molecule has 2 aromatic rings. The smallest absolute Gasteiger partial charge is 0.275 e. The zero-order valence-electron chi connectivity index (χ0n) is 16.2. The summed E-state index contributed by atoms with van der Waals surface area (Å²) in [4.78, 5) is 29.4. The van der Waals surface area contributed by atoms with Gasteiger partial charge in [0, 0.05) is 17.3 Å². The van der Waals surface area contributed by atoms with Crippen LogP contribution in [0.5, 0.6) is 0 Å². The second-order valence-corrected chi connectivity index (χ2v) is 8.67. The Balaban J connectivity index is 2.14. The molecule has 11 nitrogen and oxygen atoms in total. The number of hydrogen-bond donors (Lipinski definition) is 5. The molecule has 1 aromatic heterocycles. The first-order valence-electron chi connectivity index (χ1n) is 8.68. The van der Waals surface area contributed by atoms with Gasteiger partial charge >= 0.3 is 0 Å². The highest BCUT2D eigenvalue weighted by Crippen LogP contribution is 2.26. The highest BCUT2D eigenvalue weighted by atomic mass is 35.5. The lowest BCUT2D eigenvalue weighted by molar-refractivity contribution is -0.122. The standard InChI is InChI=1S/C17H20Cl2N6O5S/c1-10-2-4-13(24-31(28,29)14-5-3-11(18)8-12(14)19)16(27)25(10)9-15(26)22-6-7-30-23-17(20)21/h2-5,8,24H,6-7,9H2,1H3,(H,22,26)(H4,20,21,23). The lowest BCUT2D eigenvalue weighted by Crippen LogP contribution is -2.37. The van der Waals surface area contributed by atoms with Crippen LogP contribution >= 0.6 is 23.2 Å². The van der Waals surface area contributed by atoms with Crippen LogP contribution in [-0.4, -0.2) is 38.0 Å². The first kappa shape index (κ1) is 24.5. The van der Waals surface area contributed by atoms with Gasteiger partial charge in [0.15, 0.2) is 0 Å². The normalized spacial score (nSPS) is 11.1. The van der Waals surface area contributed by atoms with E-state index < -0.39 is 21.5 Å². The molecule has 0 aliphatic carbocycles. The summed E-state index contributed by atoms with van der Waals surface area (Å²) in [7, 11) is -4.17. The summed E-state index contributed by atoms with van der Waals surface area (Å²) in [6, 6.07) is 6.64. The Morgan fingerprint density at radius 3 is 2.61 bits per heavy atom. The number of aryl methyl sites for hydroxylation is 1. The van der Waals surface area contributed by atoms with Crippen LogP contribution < -0.4 is 26.8 Å². The zero-order valence-corrected chi connectivity index (χ0v) is 18.6. The molecule has 6 N–H and O–H groups in total. The second kappa shape index (κ2) is 10.5. The van der Waals surface area contributed by atoms with Crippen molar-refractivity contribution in [2.45, 2.75) is 18.4 Å². The number of hydroxylamine groups is 1. The van der Waals surface area contributed by atoms with Crippen molar-refractivity contribution >= 4 is 50.8 Å². The quantitative estimate of drug-likeness (QED) is 0.150. The lowest BCUT2D eigenvalue weighted by Gasteiger charge is -2.14. The predicted molar refractivity (Wildman–Crippen MR) is 117 cm³/mol. The van der Waals surface area contributed by atoms with E-state index in [2.05, 4.69) is 15.5 Å². The summed E-state index contributed by atoms with van der Waals surface area (Å²) >= 11 is 11.7. The largest absolute Gasteiger partial charge is 0.368 e. The van der Waals surface area contributed by atoms with Crippen molar-refractivity contribution in [3.05, 3.63) is 56.4 Å². The van der Waals surface area contributed by atoms with Gasteiger partial charge < -0.3 is 15.6 Å².